The third-order valence-electron chi connectivity index (χ3n) is 19.7. The van der Waals surface area contributed by atoms with Gasteiger partial charge >= 0.3 is 46.6 Å². The van der Waals surface area contributed by atoms with E-state index in [0.717, 1.165) is 32.1 Å². The number of imidazole rings is 4. The molecule has 0 radical (unpaired) electrons. The number of hydrogen-bond acceptors (Lipinski definition) is 23. The van der Waals surface area contributed by atoms with Crippen molar-refractivity contribution in [2.24, 2.45) is 28.2 Å². The quantitative estimate of drug-likeness (QED) is 0.00944. The maximum Gasteiger partial charge on any atom is 0.329 e. The minimum absolute atomic E-state index is 0. The van der Waals surface area contributed by atoms with Crippen molar-refractivity contribution in [2.45, 2.75) is 206 Å². The van der Waals surface area contributed by atoms with Gasteiger partial charge in [-0.1, -0.05) is 54.2 Å². The van der Waals surface area contributed by atoms with Gasteiger partial charge in [0, 0.05) is 71.6 Å². The monoisotopic (exact) mass is 1830 g/mol. The third kappa shape index (κ3) is 27.6. The summed E-state index contributed by atoms with van der Waals surface area (Å²) in [7, 11) is 6.64. The van der Waals surface area contributed by atoms with E-state index in [1.54, 1.807) is 83.9 Å². The molecule has 12 rings (SSSR count). The number of terminal acetylenes is 1. The Balaban J connectivity index is 0.000000222. The molecule has 0 aliphatic carbocycles. The van der Waals surface area contributed by atoms with E-state index in [0.29, 0.717) is 105 Å². The number of ether oxygens (including phenoxy) is 7. The molecule has 4 aromatic carbocycles. The molecule has 4 aromatic heterocycles. The van der Waals surface area contributed by atoms with Crippen molar-refractivity contribution in [1.29, 1.82) is 0 Å². The molecule has 8 heterocycles. The number of fused-ring (bicyclic) bond motifs is 4. The number of benzene rings is 4. The number of piperidine rings is 4. The van der Waals surface area contributed by atoms with Crippen LogP contribution in [0.25, 0.3) is 44.1 Å². The molecule has 0 bridgehead atoms. The summed E-state index contributed by atoms with van der Waals surface area (Å²) < 4.78 is 49.4. The van der Waals surface area contributed by atoms with E-state index in [2.05, 4.69) is 55.0 Å². The van der Waals surface area contributed by atoms with Gasteiger partial charge in [0.15, 0.2) is 0 Å². The second kappa shape index (κ2) is 46.0. The van der Waals surface area contributed by atoms with Crippen molar-refractivity contribution < 1.29 is 95.8 Å². The molecular weight excluding hydrogens is 1720 g/mol. The van der Waals surface area contributed by atoms with Crippen LogP contribution in [0, 0.1) is 24.2 Å². The van der Waals surface area contributed by atoms with Crippen LogP contribution in [0.4, 0.5) is 0 Å². The fourth-order valence-corrected chi connectivity index (χ4v) is 15.0. The molecule has 0 saturated carbocycles. The molecule has 4 aliphatic heterocycles. The Morgan fingerprint density at radius 3 is 1.06 bits per heavy atom. The first kappa shape index (κ1) is 101. The highest BCUT2D eigenvalue weighted by Gasteiger charge is 2.36. The molecule has 8 aromatic rings. The van der Waals surface area contributed by atoms with Gasteiger partial charge in [-0.3, -0.25) is 115 Å². The molecule has 0 spiro atoms. The van der Waals surface area contributed by atoms with E-state index >= 15 is 0 Å². The predicted molar refractivity (Wildman–Crippen MR) is 472 cm³/mol. The summed E-state index contributed by atoms with van der Waals surface area (Å²) in [6.45, 7) is 18.6. The van der Waals surface area contributed by atoms with Crippen molar-refractivity contribution >= 4 is 141 Å². The number of carbonyl (C=O) groups is 12. The van der Waals surface area contributed by atoms with Crippen LogP contribution in [0.15, 0.2) is 96.4 Å². The molecule has 4 saturated heterocycles. The lowest BCUT2D eigenvalue weighted by atomic mass is 10.0. The summed E-state index contributed by atoms with van der Waals surface area (Å²) in [5, 5.41) is 17.8. The van der Waals surface area contributed by atoms with Gasteiger partial charge in [0.2, 0.25) is 47.3 Å². The van der Waals surface area contributed by atoms with E-state index in [1.807, 2.05) is 84.0 Å². The zero-order valence-electron chi connectivity index (χ0n) is 73.3. The molecule has 5 N–H and O–H groups in total. The number of esters is 3. The smallest absolute Gasteiger partial charge is 0.329 e. The number of aryl methyl sites for hydroxylation is 6. The van der Waals surface area contributed by atoms with Crippen molar-refractivity contribution in [2.75, 3.05) is 52.9 Å². The molecule has 5 atom stereocenters. The molecule has 5 unspecified atom stereocenters. The number of halogens is 1. The zero-order valence-corrected chi connectivity index (χ0v) is 76.3. The largest absolute Gasteiger partial charge is 0.481 e. The highest BCUT2D eigenvalue weighted by atomic mass is 79.9. The van der Waals surface area contributed by atoms with Crippen molar-refractivity contribution in [1.82, 2.24) is 57.8 Å². The van der Waals surface area contributed by atoms with Crippen LogP contribution in [-0.4, -0.2) is 182 Å². The third-order valence-corrected chi connectivity index (χ3v) is 20.4. The summed E-state index contributed by atoms with van der Waals surface area (Å²) >= 11 is 3.42. The first-order valence-corrected chi connectivity index (χ1v) is 41.7. The number of nitrogens with zero attached hydrogens (tertiary/aromatic N) is 8. The number of carbonyl (C=O) groups excluding carboxylic acids is 11. The first-order valence-electron chi connectivity index (χ1n) is 40.9. The molecule has 38 heteroatoms. The highest BCUT2D eigenvalue weighted by Crippen LogP contribution is 2.31. The lowest BCUT2D eigenvalue weighted by molar-refractivity contribution is -0.157. The first-order chi connectivity index (χ1) is 59.0. The van der Waals surface area contributed by atoms with Gasteiger partial charge in [0.05, 0.1) is 102 Å². The van der Waals surface area contributed by atoms with Crippen LogP contribution in [0.2, 0.25) is 0 Å². The molecule has 4 aliphatic rings. The topological polar surface area (TPSA) is 446 Å². The summed E-state index contributed by atoms with van der Waals surface area (Å²) in [4.78, 5) is 191. The van der Waals surface area contributed by atoms with E-state index in [9.17, 15) is 76.7 Å². The van der Waals surface area contributed by atoms with Gasteiger partial charge in [0.25, 0.3) is 0 Å². The van der Waals surface area contributed by atoms with Gasteiger partial charge in [-0.25, -0.2) is 19.2 Å². The number of nitrogens with one attached hydrogen (secondary N) is 4. The van der Waals surface area contributed by atoms with Crippen LogP contribution in [0.1, 0.15) is 193 Å². The number of aliphatic carboxylic acids is 1. The van der Waals surface area contributed by atoms with Crippen LogP contribution in [0.3, 0.4) is 0 Å². The summed E-state index contributed by atoms with van der Waals surface area (Å²) in [6.07, 6.45) is 10.3. The maximum atomic E-state index is 12.9. The summed E-state index contributed by atoms with van der Waals surface area (Å²) in [6, 6.07) is 19.2. The Labute approximate surface area is 738 Å². The minimum Gasteiger partial charge on any atom is -0.481 e. The highest BCUT2D eigenvalue weighted by molar-refractivity contribution is 9.10. The Bertz CT molecular complexity index is 5760. The van der Waals surface area contributed by atoms with Gasteiger partial charge in [0.1, 0.15) is 54.2 Å². The Kier molecular flexibility index (Phi) is 37.0. The number of imide groups is 4. The number of hydrogen-bond donors (Lipinski definition) is 5. The molecule has 680 valence electrons. The number of amides is 8. The molecule has 36 nitrogen and oxygen atoms in total. The second-order valence-electron chi connectivity index (χ2n) is 32.8. The Morgan fingerprint density at radius 2 is 0.722 bits per heavy atom. The Morgan fingerprint density at radius 1 is 0.421 bits per heavy atom. The fourth-order valence-electron chi connectivity index (χ4n) is 14.4. The fraction of sp³-hybridized carbons (Fsp3) is 0.500. The van der Waals surface area contributed by atoms with Crippen molar-refractivity contribution in [3.05, 3.63) is 136 Å². The second-order valence-corrected chi connectivity index (χ2v) is 33.6. The van der Waals surface area contributed by atoms with Crippen LogP contribution < -0.4 is 44.0 Å². The van der Waals surface area contributed by atoms with E-state index in [-0.39, 0.29) is 158 Å². The minimum atomic E-state index is -0.894. The number of carboxylic acid groups (broad SMARTS) is 1. The lowest BCUT2D eigenvalue weighted by Gasteiger charge is -2.22. The maximum absolute atomic E-state index is 12.9. The van der Waals surface area contributed by atoms with Gasteiger partial charge in [-0.15, -0.1) is 6.42 Å². The van der Waals surface area contributed by atoms with Gasteiger partial charge in [-0.2, -0.15) is 9.90 Å². The normalized spacial score (nSPS) is 16.5. The van der Waals surface area contributed by atoms with Crippen LogP contribution >= 0.6 is 25.8 Å². The number of aromatic nitrogens is 8. The summed E-state index contributed by atoms with van der Waals surface area (Å²) in [5.41, 5.74) is 5.34. The molecule has 126 heavy (non-hydrogen) atoms. The average molecular weight is 1830 g/mol. The Hall–Kier alpha value is -11.7. The van der Waals surface area contributed by atoms with Gasteiger partial charge in [-0.05, 0) is 177 Å². The predicted octanol–water partition coefficient (Wildman–Crippen LogP) is 6.66. The van der Waals surface area contributed by atoms with Gasteiger partial charge < -0.3 is 38.3 Å². The van der Waals surface area contributed by atoms with Crippen LogP contribution in [-0.2, 0) is 132 Å². The van der Waals surface area contributed by atoms with E-state index in [1.165, 1.54) is 32.0 Å². The van der Waals surface area contributed by atoms with Crippen LogP contribution in [0.5, 0.6) is 0 Å². The number of para-hydroxylation sites is 4. The summed E-state index contributed by atoms with van der Waals surface area (Å²) in [5.74, 6) is 3.37. The molecular formula is C88H112BrN12O24P. The molecule has 8 amide bonds. The number of carboxylic acids is 1. The SMILES string of the molecule is C#CCOCCC(=O)OC(C)(C)C.Cn1c(=O)n(C2CCC(=O)NC2=O)c2cccc(Br)c21.Cn1c(=O)n(C2CCC(=O)NC2=O)c2cccc(C#CCOCCC(=O)OC(C)(C)C)c21.Cn1c(=O)n(C2CCC(=O)NC2=O)c2cccc(CCCOCCC(=O)O)c21.Cn1c(=O)n(C2CCC(=O)NC2=O)c2cccc(CCCOCCC(=O)OC(C)(C)C)c21.P. The van der Waals surface area contributed by atoms with E-state index < -0.39 is 70.6 Å². The average Bonchev–Trinajstić information content (AvgIpc) is 1.61. The van der Waals surface area contributed by atoms with Crippen molar-refractivity contribution in [3.8, 4) is 24.2 Å². The van der Waals surface area contributed by atoms with Crippen molar-refractivity contribution in [3.63, 3.8) is 0 Å². The molecule has 4 fully saturated rings. The van der Waals surface area contributed by atoms with E-state index in [4.69, 9.17) is 44.7 Å². The standard InChI is InChI=1S/C23H31N3O6.C23H27N3O6.C19H23N3O6.C13H12BrN3O3.C10H16O3.H3P/c2*1-23(2,3)32-19(28)12-14-31-13-6-8-15-7-5-9-16-20(15)25(4)22(30)26(16)17-10-11-18(27)24-21(17)29;1-21-17-12(5-3-10-28-11-9-16(24)25)4-2-6-13(17)22(19(21)27)14-7-8-15(23)20-18(14)26;1-16-11-7(14)3-2-4-8(11)17(13(16)20)9-5-6-10(18)15-12(9)19;1-5-7-12-8-6-9(11)13-10(2,3)4;/h5,7,9,17H,6,8,10-14H2,1-4H3,(H,24,27,29);5,7,9,17H,10-14H2,1-4H3,(H,24,27,29);2,4,6,14H,3,5,7-11H2,1H3,(H,24,25)(H,20,23,26);2-4,9H,5-6H2,1H3,(H,15,18,19);1H,6-8H2,2-4H3;1H3. The zero-order chi connectivity index (χ0) is 91.9. The lowest BCUT2D eigenvalue weighted by Crippen LogP contribution is -2.44. The number of rotatable bonds is 26.